The smallest absolute Gasteiger partial charge is 0.327 e. The molecule has 4 amide bonds. The fraction of sp³-hybridized carbons (Fsp3) is 0.565. The van der Waals surface area contributed by atoms with Crippen LogP contribution >= 0.6 is 11.6 Å². The van der Waals surface area contributed by atoms with Gasteiger partial charge in [-0.3, -0.25) is 14.5 Å². The van der Waals surface area contributed by atoms with Gasteiger partial charge in [-0.15, -0.1) is 0 Å². The summed E-state index contributed by atoms with van der Waals surface area (Å²) in [6, 6.07) is 5.07. The zero-order chi connectivity index (χ0) is 23.8. The molecule has 1 N–H and O–H groups in total. The lowest BCUT2D eigenvalue weighted by molar-refractivity contribution is -0.150. The van der Waals surface area contributed by atoms with Crippen LogP contribution in [0.5, 0.6) is 0 Å². The highest BCUT2D eigenvalue weighted by Crippen LogP contribution is 2.36. The summed E-state index contributed by atoms with van der Waals surface area (Å²) in [6.07, 6.45) is 3.00. The van der Waals surface area contributed by atoms with Gasteiger partial charge in [0.25, 0.3) is 5.91 Å². The highest BCUT2D eigenvalue weighted by atomic mass is 35.5. The first-order valence-electron chi connectivity index (χ1n) is 11.3. The van der Waals surface area contributed by atoms with Crippen LogP contribution in [0.3, 0.4) is 0 Å². The van der Waals surface area contributed by atoms with Gasteiger partial charge < -0.3 is 15.0 Å². The number of halogens is 1. The summed E-state index contributed by atoms with van der Waals surface area (Å²) in [5.74, 6) is -0.994. The van der Waals surface area contributed by atoms with Crippen molar-refractivity contribution in [3.63, 3.8) is 0 Å². The number of benzene rings is 1. The number of hydrogen-bond acceptors (Lipinski definition) is 6. The molecule has 0 bridgehead atoms. The van der Waals surface area contributed by atoms with Gasteiger partial charge >= 0.3 is 12.0 Å². The molecule has 33 heavy (non-hydrogen) atoms. The van der Waals surface area contributed by atoms with E-state index in [-0.39, 0.29) is 11.8 Å². The summed E-state index contributed by atoms with van der Waals surface area (Å²) in [7, 11) is 1.34. The van der Waals surface area contributed by atoms with E-state index >= 15 is 0 Å². The van der Waals surface area contributed by atoms with Crippen molar-refractivity contribution in [2.75, 3.05) is 33.3 Å². The summed E-state index contributed by atoms with van der Waals surface area (Å²) < 4.78 is 5.02. The molecule has 1 aliphatic carbocycles. The van der Waals surface area contributed by atoms with Crippen LogP contribution in [0.2, 0.25) is 5.02 Å². The van der Waals surface area contributed by atoms with Gasteiger partial charge in [0, 0.05) is 31.2 Å². The normalized spacial score (nSPS) is 22.4. The van der Waals surface area contributed by atoms with E-state index in [0.29, 0.717) is 49.6 Å². The van der Waals surface area contributed by atoms with E-state index in [4.69, 9.17) is 16.3 Å². The van der Waals surface area contributed by atoms with Crippen LogP contribution in [0, 0.1) is 0 Å². The minimum Gasteiger partial charge on any atom is -0.468 e. The Bertz CT molecular complexity index is 956. The van der Waals surface area contributed by atoms with Crippen molar-refractivity contribution in [1.29, 1.82) is 0 Å². The maximum Gasteiger partial charge on any atom is 0.327 e. The van der Waals surface area contributed by atoms with Crippen LogP contribution in [0.15, 0.2) is 24.3 Å². The first-order chi connectivity index (χ1) is 15.8. The number of hydrogen-bond donors (Lipinski definition) is 1. The number of nitrogens with zero attached hydrogens (tertiary/aromatic N) is 3. The minimum atomic E-state index is -0.885. The Hall–Kier alpha value is -2.65. The number of urea groups is 1. The van der Waals surface area contributed by atoms with Crippen molar-refractivity contribution in [3.05, 3.63) is 34.9 Å². The Morgan fingerprint density at radius 3 is 2.33 bits per heavy atom. The van der Waals surface area contributed by atoms with Crippen molar-refractivity contribution < 1.29 is 23.9 Å². The lowest BCUT2D eigenvalue weighted by atomic mass is 9.97. The van der Waals surface area contributed by atoms with Gasteiger partial charge in [0.1, 0.15) is 17.6 Å². The zero-order valence-electron chi connectivity index (χ0n) is 18.9. The van der Waals surface area contributed by atoms with Gasteiger partial charge in [-0.25, -0.2) is 14.5 Å². The second-order valence-corrected chi connectivity index (χ2v) is 9.29. The summed E-state index contributed by atoms with van der Waals surface area (Å²) in [5.41, 5.74) is -0.187. The van der Waals surface area contributed by atoms with Gasteiger partial charge in [0.15, 0.2) is 0 Å². The number of carbonyl (C=O) groups is 4. The van der Waals surface area contributed by atoms with E-state index in [1.54, 1.807) is 30.0 Å². The molecule has 4 rings (SSSR count). The van der Waals surface area contributed by atoms with Crippen LogP contribution in [-0.4, -0.2) is 83.4 Å². The molecule has 1 aromatic carbocycles. The predicted molar refractivity (Wildman–Crippen MR) is 120 cm³/mol. The molecule has 3 aliphatic rings. The molecule has 3 fully saturated rings. The topological polar surface area (TPSA) is 99.3 Å². The number of amides is 4. The molecular weight excluding hydrogens is 448 g/mol. The Kier molecular flexibility index (Phi) is 6.63. The first-order valence-corrected chi connectivity index (χ1v) is 11.7. The van der Waals surface area contributed by atoms with E-state index in [9.17, 15) is 19.2 Å². The molecular formula is C23H29ClN4O5. The third-order valence-corrected chi connectivity index (χ3v) is 7.35. The van der Waals surface area contributed by atoms with Crippen LogP contribution in [0.25, 0.3) is 0 Å². The molecule has 9 nitrogen and oxygen atoms in total. The van der Waals surface area contributed by atoms with Gasteiger partial charge in [-0.2, -0.15) is 0 Å². The third-order valence-electron chi connectivity index (χ3n) is 7.01. The summed E-state index contributed by atoms with van der Waals surface area (Å²) >= 11 is 6.34. The molecule has 0 radical (unpaired) electrons. The fourth-order valence-electron chi connectivity index (χ4n) is 5.17. The van der Waals surface area contributed by atoms with Crippen molar-refractivity contribution in [3.8, 4) is 0 Å². The minimum absolute atomic E-state index is 0.277. The van der Waals surface area contributed by atoms with Crippen LogP contribution in [0.1, 0.15) is 44.2 Å². The van der Waals surface area contributed by atoms with E-state index in [0.717, 1.165) is 17.7 Å². The molecule has 2 saturated heterocycles. The Labute approximate surface area is 198 Å². The van der Waals surface area contributed by atoms with Gasteiger partial charge in [-0.05, 0) is 31.4 Å². The third kappa shape index (κ3) is 4.19. The Morgan fingerprint density at radius 1 is 1.09 bits per heavy atom. The van der Waals surface area contributed by atoms with Crippen molar-refractivity contribution in [2.24, 2.45) is 0 Å². The summed E-state index contributed by atoms with van der Waals surface area (Å²) in [5, 5.41) is 3.30. The number of rotatable bonds is 5. The first kappa shape index (κ1) is 23.5. The number of piperazine rings is 1. The maximum atomic E-state index is 13.2. The molecule has 1 spiro atoms. The SMILES string of the molecule is COC(=O)C(c1ccccc1Cl)N1CCN(C(=O)C(C)N2C(=O)NC3(CCCC3)C2=O)CC1. The highest BCUT2D eigenvalue weighted by Gasteiger charge is 2.55. The quantitative estimate of drug-likeness (QED) is 0.515. The average molecular weight is 477 g/mol. The van der Waals surface area contributed by atoms with E-state index in [2.05, 4.69) is 5.32 Å². The number of ether oxygens (including phenoxy) is 1. The number of methoxy groups -OCH3 is 1. The molecule has 10 heteroatoms. The zero-order valence-corrected chi connectivity index (χ0v) is 19.6. The number of esters is 1. The lowest BCUT2D eigenvalue weighted by Crippen LogP contribution is -2.56. The standard InChI is InChI=1S/C23H29ClN4O5/c1-15(28-21(31)23(25-22(28)32)9-5-6-10-23)19(29)27-13-11-26(12-14-27)18(20(30)33-2)16-7-3-4-8-17(16)24/h3-4,7-8,15,18H,5-6,9-14H2,1-2H3,(H,25,32). The molecule has 0 aromatic heterocycles. The van der Waals surface area contributed by atoms with Gasteiger partial charge in [0.05, 0.1) is 7.11 Å². The highest BCUT2D eigenvalue weighted by molar-refractivity contribution is 6.31. The Morgan fingerprint density at radius 2 is 1.73 bits per heavy atom. The Balaban J connectivity index is 1.43. The van der Waals surface area contributed by atoms with Gasteiger partial charge in [-0.1, -0.05) is 42.6 Å². The molecule has 178 valence electrons. The summed E-state index contributed by atoms with van der Waals surface area (Å²) in [6.45, 7) is 3.16. The fourth-order valence-corrected chi connectivity index (χ4v) is 5.41. The number of imide groups is 1. The van der Waals surface area contributed by atoms with Crippen molar-refractivity contribution in [2.45, 2.75) is 50.2 Å². The predicted octanol–water partition coefficient (Wildman–Crippen LogP) is 1.95. The van der Waals surface area contributed by atoms with E-state index in [1.807, 2.05) is 11.0 Å². The lowest BCUT2D eigenvalue weighted by Gasteiger charge is -2.39. The largest absolute Gasteiger partial charge is 0.468 e. The maximum absolute atomic E-state index is 13.2. The van der Waals surface area contributed by atoms with E-state index in [1.165, 1.54) is 7.11 Å². The summed E-state index contributed by atoms with van der Waals surface area (Å²) in [4.78, 5) is 56.0. The monoisotopic (exact) mass is 476 g/mol. The molecule has 2 heterocycles. The van der Waals surface area contributed by atoms with Gasteiger partial charge in [0.2, 0.25) is 5.91 Å². The second-order valence-electron chi connectivity index (χ2n) is 8.88. The number of nitrogens with one attached hydrogen (secondary N) is 1. The van der Waals surface area contributed by atoms with Crippen LogP contribution < -0.4 is 5.32 Å². The van der Waals surface area contributed by atoms with E-state index < -0.39 is 29.6 Å². The van der Waals surface area contributed by atoms with Crippen LogP contribution in [0.4, 0.5) is 4.79 Å². The molecule has 2 aliphatic heterocycles. The number of carbonyl (C=O) groups excluding carboxylic acids is 4. The molecule has 1 aromatic rings. The van der Waals surface area contributed by atoms with Crippen molar-refractivity contribution >= 4 is 35.4 Å². The molecule has 2 unspecified atom stereocenters. The average Bonchev–Trinajstić information content (AvgIpc) is 3.38. The molecule has 1 saturated carbocycles. The van der Waals surface area contributed by atoms with Crippen LogP contribution in [-0.2, 0) is 19.1 Å². The van der Waals surface area contributed by atoms with Crippen molar-refractivity contribution in [1.82, 2.24) is 20.0 Å². The molecule has 2 atom stereocenters. The second kappa shape index (κ2) is 9.30.